The molecule has 0 aliphatic rings. The molecule has 3 rings (SSSR count). The number of nitrogens with zero attached hydrogens (tertiary/aromatic N) is 3. The van der Waals surface area contributed by atoms with Gasteiger partial charge < -0.3 is 9.15 Å². The maximum absolute atomic E-state index is 14.2. The van der Waals surface area contributed by atoms with E-state index in [9.17, 15) is 9.18 Å². The van der Waals surface area contributed by atoms with Crippen molar-refractivity contribution in [3.63, 3.8) is 0 Å². The minimum absolute atomic E-state index is 0.0699. The van der Waals surface area contributed by atoms with E-state index in [2.05, 4.69) is 10.2 Å². The van der Waals surface area contributed by atoms with Crippen LogP contribution in [0.2, 0.25) is 0 Å². The highest BCUT2D eigenvalue weighted by atomic mass is 19.1. The van der Waals surface area contributed by atoms with Crippen LogP contribution in [-0.2, 0) is 6.54 Å². The monoisotopic (exact) mass is 327 g/mol. The van der Waals surface area contributed by atoms with Crippen LogP contribution in [-0.4, -0.2) is 23.2 Å². The first kappa shape index (κ1) is 15.7. The van der Waals surface area contributed by atoms with Crippen molar-refractivity contribution in [2.24, 2.45) is 0 Å². The summed E-state index contributed by atoms with van der Waals surface area (Å²) >= 11 is 0. The van der Waals surface area contributed by atoms with E-state index in [1.807, 2.05) is 0 Å². The first-order valence-electron chi connectivity index (χ1n) is 7.15. The molecule has 2 heterocycles. The molecule has 0 radical (unpaired) electrons. The van der Waals surface area contributed by atoms with Gasteiger partial charge in [-0.3, -0.25) is 9.69 Å². The number of anilines is 1. The van der Waals surface area contributed by atoms with Gasteiger partial charge in [0.1, 0.15) is 11.6 Å². The number of halogens is 1. The lowest BCUT2D eigenvalue weighted by Gasteiger charge is -2.21. The molecule has 0 N–H and O–H groups in total. The van der Waals surface area contributed by atoms with Crippen molar-refractivity contribution in [1.29, 1.82) is 0 Å². The zero-order valence-corrected chi connectivity index (χ0v) is 12.8. The van der Waals surface area contributed by atoms with Gasteiger partial charge in [-0.15, -0.1) is 10.2 Å². The molecule has 0 fully saturated rings. The third-order valence-electron chi connectivity index (χ3n) is 3.35. The van der Waals surface area contributed by atoms with E-state index in [0.29, 0.717) is 5.76 Å². The summed E-state index contributed by atoms with van der Waals surface area (Å²) in [4.78, 5) is 14.1. The number of furan rings is 1. The summed E-state index contributed by atoms with van der Waals surface area (Å²) in [6, 6.07) is 12.4. The smallest absolute Gasteiger partial charge is 0.279 e. The molecule has 24 heavy (non-hydrogen) atoms. The van der Waals surface area contributed by atoms with Crippen molar-refractivity contribution in [3.05, 3.63) is 72.1 Å². The van der Waals surface area contributed by atoms with Crippen molar-refractivity contribution in [2.45, 2.75) is 6.54 Å². The van der Waals surface area contributed by atoms with Gasteiger partial charge in [0.2, 0.25) is 5.88 Å². The maximum atomic E-state index is 14.2. The fourth-order valence-corrected chi connectivity index (χ4v) is 2.18. The molecule has 1 aromatic carbocycles. The standard InChI is InChI=1S/C17H14FN3O3/c1-23-16-9-8-14(19-20-16)17(22)21(11-12-5-4-10-24-12)15-7-3-2-6-13(15)18/h2-10H,11H2,1H3. The molecular formula is C17H14FN3O3. The zero-order valence-electron chi connectivity index (χ0n) is 12.8. The molecule has 7 heteroatoms. The molecule has 1 amide bonds. The lowest BCUT2D eigenvalue weighted by Crippen LogP contribution is -2.31. The number of methoxy groups -OCH3 is 1. The zero-order chi connectivity index (χ0) is 16.9. The average molecular weight is 327 g/mol. The molecule has 0 spiro atoms. The van der Waals surface area contributed by atoms with Crippen LogP contribution in [0.25, 0.3) is 0 Å². The predicted octanol–water partition coefficient (Wildman–Crippen LogP) is 3.06. The summed E-state index contributed by atoms with van der Waals surface area (Å²) in [5.74, 6) is -0.200. The Balaban J connectivity index is 1.96. The molecule has 3 aromatic rings. The van der Waals surface area contributed by atoms with Gasteiger partial charge in [-0.2, -0.15) is 0 Å². The van der Waals surface area contributed by atoms with E-state index in [0.717, 1.165) is 0 Å². The molecule has 0 unspecified atom stereocenters. The fraction of sp³-hybridized carbons (Fsp3) is 0.118. The molecule has 0 aliphatic heterocycles. The Morgan fingerprint density at radius 2 is 2.00 bits per heavy atom. The summed E-state index contributed by atoms with van der Waals surface area (Å²) in [6.45, 7) is 0.0699. The van der Waals surface area contributed by atoms with Gasteiger partial charge in [0.15, 0.2) is 5.69 Å². The van der Waals surface area contributed by atoms with E-state index >= 15 is 0 Å². The molecule has 0 saturated carbocycles. The van der Waals surface area contributed by atoms with Crippen molar-refractivity contribution >= 4 is 11.6 Å². The number of carbonyl (C=O) groups is 1. The molecular weight excluding hydrogens is 313 g/mol. The number of ether oxygens (including phenoxy) is 1. The Hall–Kier alpha value is -3.22. The van der Waals surface area contributed by atoms with Crippen LogP contribution in [0.3, 0.4) is 0 Å². The first-order valence-corrected chi connectivity index (χ1v) is 7.15. The van der Waals surface area contributed by atoms with Crippen LogP contribution in [0, 0.1) is 5.82 Å². The third kappa shape index (κ3) is 3.24. The van der Waals surface area contributed by atoms with E-state index in [-0.39, 0.29) is 23.8 Å². The Morgan fingerprint density at radius 3 is 2.62 bits per heavy atom. The topological polar surface area (TPSA) is 68.5 Å². The van der Waals surface area contributed by atoms with Crippen LogP contribution >= 0.6 is 0 Å². The molecule has 0 saturated heterocycles. The minimum atomic E-state index is -0.515. The number of aromatic nitrogens is 2. The van der Waals surface area contributed by atoms with Crippen LogP contribution in [0.15, 0.2) is 59.2 Å². The second-order valence-corrected chi connectivity index (χ2v) is 4.88. The van der Waals surface area contributed by atoms with Gasteiger partial charge in [0, 0.05) is 6.07 Å². The van der Waals surface area contributed by atoms with Crippen LogP contribution < -0.4 is 9.64 Å². The normalized spacial score (nSPS) is 10.4. The summed E-state index contributed by atoms with van der Waals surface area (Å²) in [6.07, 6.45) is 1.49. The van der Waals surface area contributed by atoms with Crippen molar-refractivity contribution < 1.29 is 18.3 Å². The Morgan fingerprint density at radius 1 is 1.17 bits per heavy atom. The second-order valence-electron chi connectivity index (χ2n) is 4.88. The van der Waals surface area contributed by atoms with Crippen LogP contribution in [0.1, 0.15) is 16.2 Å². The van der Waals surface area contributed by atoms with Crippen molar-refractivity contribution in [2.75, 3.05) is 12.0 Å². The molecule has 6 nitrogen and oxygen atoms in total. The van der Waals surface area contributed by atoms with Gasteiger partial charge in [-0.25, -0.2) is 4.39 Å². The number of amides is 1. The second kappa shape index (κ2) is 6.91. The van der Waals surface area contributed by atoms with Crippen molar-refractivity contribution in [3.8, 4) is 5.88 Å². The molecule has 0 atom stereocenters. The number of hydrogen-bond donors (Lipinski definition) is 0. The predicted molar refractivity (Wildman–Crippen MR) is 84.2 cm³/mol. The minimum Gasteiger partial charge on any atom is -0.480 e. The van der Waals surface area contributed by atoms with Gasteiger partial charge in [0.25, 0.3) is 5.91 Å². The Kier molecular flexibility index (Phi) is 4.51. The lowest BCUT2D eigenvalue weighted by atomic mass is 10.2. The van der Waals surface area contributed by atoms with Gasteiger partial charge >= 0.3 is 0 Å². The highest BCUT2D eigenvalue weighted by Crippen LogP contribution is 2.23. The number of hydrogen-bond acceptors (Lipinski definition) is 5. The first-order chi connectivity index (χ1) is 11.7. The molecule has 0 aliphatic carbocycles. The quantitative estimate of drug-likeness (QED) is 0.720. The van der Waals surface area contributed by atoms with E-state index in [4.69, 9.17) is 9.15 Å². The van der Waals surface area contributed by atoms with Gasteiger partial charge in [-0.05, 0) is 30.3 Å². The fourth-order valence-electron chi connectivity index (χ4n) is 2.18. The summed E-state index contributed by atoms with van der Waals surface area (Å²) in [5, 5.41) is 7.61. The SMILES string of the molecule is COc1ccc(C(=O)N(Cc2ccco2)c2ccccc2F)nn1. The van der Waals surface area contributed by atoms with Crippen molar-refractivity contribution in [1.82, 2.24) is 10.2 Å². The van der Waals surface area contributed by atoms with Gasteiger partial charge in [-0.1, -0.05) is 12.1 Å². The number of rotatable bonds is 5. The summed E-state index contributed by atoms with van der Waals surface area (Å²) < 4.78 is 24.4. The van der Waals surface area contributed by atoms with Gasteiger partial charge in [0.05, 0.1) is 25.6 Å². The Bertz CT molecular complexity index is 819. The molecule has 122 valence electrons. The van der Waals surface area contributed by atoms with Crippen LogP contribution in [0.5, 0.6) is 5.88 Å². The van der Waals surface area contributed by atoms with Crippen LogP contribution in [0.4, 0.5) is 10.1 Å². The third-order valence-corrected chi connectivity index (χ3v) is 3.35. The molecule has 0 bridgehead atoms. The maximum Gasteiger partial charge on any atom is 0.279 e. The summed E-state index contributed by atoms with van der Waals surface area (Å²) in [5.41, 5.74) is 0.210. The highest BCUT2D eigenvalue weighted by Gasteiger charge is 2.23. The number of para-hydroxylation sites is 1. The van der Waals surface area contributed by atoms with E-state index in [1.165, 1.54) is 42.5 Å². The number of carbonyl (C=O) groups excluding carboxylic acids is 1. The number of benzene rings is 1. The van der Waals surface area contributed by atoms with E-state index < -0.39 is 11.7 Å². The molecule has 2 aromatic heterocycles. The Labute approximate surface area is 137 Å². The average Bonchev–Trinajstić information content (AvgIpc) is 3.13. The summed E-state index contributed by atoms with van der Waals surface area (Å²) in [7, 11) is 1.45. The largest absolute Gasteiger partial charge is 0.480 e. The highest BCUT2D eigenvalue weighted by molar-refractivity contribution is 6.04. The lowest BCUT2D eigenvalue weighted by molar-refractivity contribution is 0.0976. The van der Waals surface area contributed by atoms with E-state index in [1.54, 1.807) is 24.3 Å².